The quantitative estimate of drug-likeness (QED) is 0.498. The highest BCUT2D eigenvalue weighted by Crippen LogP contribution is 2.27. The van der Waals surface area contributed by atoms with Gasteiger partial charge in [-0.05, 0) is 62.4 Å². The van der Waals surface area contributed by atoms with E-state index < -0.39 is 0 Å². The van der Waals surface area contributed by atoms with E-state index in [2.05, 4.69) is 58.7 Å². The van der Waals surface area contributed by atoms with E-state index in [9.17, 15) is 4.79 Å². The van der Waals surface area contributed by atoms with Gasteiger partial charge in [0.1, 0.15) is 6.29 Å². The lowest BCUT2D eigenvalue weighted by Crippen LogP contribution is -2.67. The van der Waals surface area contributed by atoms with Crippen LogP contribution in [0.15, 0.2) is 18.2 Å². The summed E-state index contributed by atoms with van der Waals surface area (Å²) in [5.41, 5.74) is 3.40. The van der Waals surface area contributed by atoms with Gasteiger partial charge in [0.15, 0.2) is 0 Å². The minimum atomic E-state index is -0.187. The summed E-state index contributed by atoms with van der Waals surface area (Å²) in [7, 11) is 0. The van der Waals surface area contributed by atoms with E-state index in [1.807, 2.05) is 6.07 Å². The van der Waals surface area contributed by atoms with Gasteiger partial charge in [-0.1, -0.05) is 19.9 Å². The number of nitrogens with zero attached hydrogens (tertiary/aromatic N) is 2. The first kappa shape index (κ1) is 21.4. The third-order valence-corrected chi connectivity index (χ3v) is 6.09. The molecule has 2 amide bonds. The lowest BCUT2D eigenvalue weighted by atomic mass is 10.0. The number of rotatable bonds is 6. The zero-order chi connectivity index (χ0) is 20.1. The Morgan fingerprint density at radius 1 is 1.21 bits per heavy atom. The van der Waals surface area contributed by atoms with Crippen molar-refractivity contribution < 1.29 is 4.79 Å². The lowest BCUT2D eigenvalue weighted by Gasteiger charge is -2.49. The van der Waals surface area contributed by atoms with Crippen LogP contribution in [-0.2, 0) is 13.0 Å². The first-order valence-corrected chi connectivity index (χ1v) is 11.0. The number of hydrogen-bond acceptors (Lipinski definition) is 4. The molecular formula is C21H34ClN5O. The number of nitrogens with one attached hydrogen (secondary N) is 3. The molecule has 2 aliphatic heterocycles. The van der Waals surface area contributed by atoms with Crippen LogP contribution in [0.25, 0.3) is 0 Å². The smallest absolute Gasteiger partial charge is 0.312 e. The Hall–Kier alpha value is -1.34. The van der Waals surface area contributed by atoms with E-state index in [0.717, 1.165) is 57.5 Å². The van der Waals surface area contributed by atoms with Gasteiger partial charge in [-0.15, -0.1) is 11.6 Å². The number of alkyl halides is 1. The molecule has 2 heterocycles. The van der Waals surface area contributed by atoms with Crippen molar-refractivity contribution in [1.29, 1.82) is 0 Å². The molecule has 1 fully saturated rings. The highest BCUT2D eigenvalue weighted by molar-refractivity contribution is 6.20. The SMILES string of the molecule is CCCN1C(C)CC(Cl)N(CCC)C1NC(=O)Nc1ccc2c(c1)CCNC2. The van der Waals surface area contributed by atoms with Gasteiger partial charge in [-0.3, -0.25) is 9.80 Å². The van der Waals surface area contributed by atoms with Gasteiger partial charge in [-0.25, -0.2) is 4.79 Å². The molecule has 6 nitrogen and oxygen atoms in total. The van der Waals surface area contributed by atoms with Gasteiger partial charge in [0.2, 0.25) is 0 Å². The highest BCUT2D eigenvalue weighted by Gasteiger charge is 2.38. The number of amides is 2. The van der Waals surface area contributed by atoms with Crippen LogP contribution in [0.1, 0.15) is 51.2 Å². The Balaban J connectivity index is 1.71. The monoisotopic (exact) mass is 407 g/mol. The van der Waals surface area contributed by atoms with E-state index in [4.69, 9.17) is 11.6 Å². The Labute approximate surface area is 174 Å². The van der Waals surface area contributed by atoms with Crippen molar-refractivity contribution in [1.82, 2.24) is 20.4 Å². The zero-order valence-electron chi connectivity index (χ0n) is 17.3. The number of urea groups is 1. The second-order valence-corrected chi connectivity index (χ2v) is 8.38. The van der Waals surface area contributed by atoms with Gasteiger partial charge in [0.25, 0.3) is 0 Å². The Kier molecular flexibility index (Phi) is 7.57. The molecule has 0 aromatic heterocycles. The van der Waals surface area contributed by atoms with Crippen LogP contribution in [0.3, 0.4) is 0 Å². The van der Waals surface area contributed by atoms with Crippen molar-refractivity contribution in [2.24, 2.45) is 0 Å². The fourth-order valence-electron chi connectivity index (χ4n) is 4.26. The highest BCUT2D eigenvalue weighted by atomic mass is 35.5. The molecule has 3 unspecified atom stereocenters. The molecule has 1 aromatic carbocycles. The maximum Gasteiger partial charge on any atom is 0.321 e. The van der Waals surface area contributed by atoms with Crippen molar-refractivity contribution >= 4 is 23.3 Å². The van der Waals surface area contributed by atoms with Crippen LogP contribution in [0.5, 0.6) is 0 Å². The molecular weight excluding hydrogens is 374 g/mol. The fraction of sp³-hybridized carbons (Fsp3) is 0.667. The third kappa shape index (κ3) is 4.98. The fourth-order valence-corrected chi connectivity index (χ4v) is 4.73. The van der Waals surface area contributed by atoms with Crippen molar-refractivity contribution in [2.75, 3.05) is 25.0 Å². The van der Waals surface area contributed by atoms with Crippen molar-refractivity contribution in [3.05, 3.63) is 29.3 Å². The van der Waals surface area contributed by atoms with Crippen LogP contribution < -0.4 is 16.0 Å². The number of fused-ring (bicyclic) bond motifs is 1. The third-order valence-electron chi connectivity index (χ3n) is 5.66. The van der Waals surface area contributed by atoms with Crippen LogP contribution in [0.4, 0.5) is 10.5 Å². The molecule has 7 heteroatoms. The number of halogens is 1. The molecule has 2 aliphatic rings. The maximum atomic E-state index is 12.8. The van der Waals surface area contributed by atoms with Gasteiger partial charge < -0.3 is 16.0 Å². The standard InChI is InChI=1S/C21H34ClN5O/c1-4-10-26-15(3)12-19(22)27(11-5-2)21(26)25-20(28)24-18-7-6-17-14-23-9-8-16(17)13-18/h6-7,13,15,19,21,23H,4-5,8-12,14H2,1-3H3,(H2,24,25,28). The van der Waals surface area contributed by atoms with Gasteiger partial charge in [0.05, 0.1) is 5.50 Å². The molecule has 0 radical (unpaired) electrons. The van der Waals surface area contributed by atoms with Crippen molar-refractivity contribution in [2.45, 2.75) is 70.8 Å². The van der Waals surface area contributed by atoms with E-state index >= 15 is 0 Å². The summed E-state index contributed by atoms with van der Waals surface area (Å²) in [6.45, 7) is 10.2. The number of carbonyl (C=O) groups excluding carboxylic acids is 1. The first-order chi connectivity index (χ1) is 13.5. The second kappa shape index (κ2) is 9.92. The maximum absolute atomic E-state index is 12.8. The van der Waals surface area contributed by atoms with E-state index in [1.165, 1.54) is 11.1 Å². The summed E-state index contributed by atoms with van der Waals surface area (Å²) in [5.74, 6) is 0. The normalized spacial score (nSPS) is 25.9. The van der Waals surface area contributed by atoms with Crippen LogP contribution in [-0.4, -0.2) is 53.3 Å². The molecule has 0 aliphatic carbocycles. The summed E-state index contributed by atoms with van der Waals surface area (Å²) >= 11 is 6.66. The van der Waals surface area contributed by atoms with E-state index in [1.54, 1.807) is 0 Å². The number of carbonyl (C=O) groups is 1. The summed E-state index contributed by atoms with van der Waals surface area (Å²) in [6, 6.07) is 6.32. The molecule has 0 saturated carbocycles. The molecule has 0 spiro atoms. The molecule has 0 bridgehead atoms. The number of benzene rings is 1. The van der Waals surface area contributed by atoms with Crippen molar-refractivity contribution in [3.63, 3.8) is 0 Å². The molecule has 28 heavy (non-hydrogen) atoms. The zero-order valence-corrected chi connectivity index (χ0v) is 18.1. The predicted molar refractivity (Wildman–Crippen MR) is 116 cm³/mol. The molecule has 3 N–H and O–H groups in total. The molecule has 1 saturated heterocycles. The van der Waals surface area contributed by atoms with Gasteiger partial charge in [0, 0.05) is 31.4 Å². The van der Waals surface area contributed by atoms with Gasteiger partial charge in [-0.2, -0.15) is 0 Å². The minimum Gasteiger partial charge on any atom is -0.312 e. The van der Waals surface area contributed by atoms with Gasteiger partial charge >= 0.3 is 6.03 Å². The van der Waals surface area contributed by atoms with Crippen LogP contribution in [0.2, 0.25) is 0 Å². The Bertz CT molecular complexity index is 652. The number of hydrogen-bond donors (Lipinski definition) is 3. The Morgan fingerprint density at radius 3 is 2.71 bits per heavy atom. The molecule has 3 atom stereocenters. The topological polar surface area (TPSA) is 59.6 Å². The summed E-state index contributed by atoms with van der Waals surface area (Å²) in [4.78, 5) is 17.4. The average Bonchev–Trinajstić information content (AvgIpc) is 2.67. The molecule has 3 rings (SSSR count). The lowest BCUT2D eigenvalue weighted by molar-refractivity contribution is -0.0511. The van der Waals surface area contributed by atoms with E-state index in [0.29, 0.717) is 6.04 Å². The number of anilines is 1. The molecule has 1 aromatic rings. The molecule has 156 valence electrons. The predicted octanol–water partition coefficient (Wildman–Crippen LogP) is 3.52. The van der Waals surface area contributed by atoms with E-state index in [-0.39, 0.29) is 17.8 Å². The summed E-state index contributed by atoms with van der Waals surface area (Å²) < 4.78 is 0. The minimum absolute atomic E-state index is 0.0652. The second-order valence-electron chi connectivity index (χ2n) is 7.88. The summed E-state index contributed by atoms with van der Waals surface area (Å²) in [6.07, 6.45) is 3.74. The Morgan fingerprint density at radius 2 is 1.96 bits per heavy atom. The largest absolute Gasteiger partial charge is 0.321 e. The average molecular weight is 408 g/mol. The van der Waals surface area contributed by atoms with Crippen molar-refractivity contribution in [3.8, 4) is 0 Å². The van der Waals surface area contributed by atoms with Crippen LogP contribution in [0, 0.1) is 0 Å². The summed E-state index contributed by atoms with van der Waals surface area (Å²) in [5, 5.41) is 9.58. The van der Waals surface area contributed by atoms with Crippen LogP contribution >= 0.6 is 11.6 Å². The first-order valence-electron chi connectivity index (χ1n) is 10.6.